The molecule has 3 atom stereocenters. The Kier molecular flexibility index (Phi) is 7.38. The third-order valence-corrected chi connectivity index (χ3v) is 4.92. The van der Waals surface area contributed by atoms with Gasteiger partial charge in [0.1, 0.15) is 5.82 Å². The number of nitrogens with one attached hydrogen (secondary N) is 1. The number of amides is 1. The van der Waals surface area contributed by atoms with Crippen molar-refractivity contribution in [2.75, 3.05) is 18.5 Å². The van der Waals surface area contributed by atoms with Crippen LogP contribution in [0.25, 0.3) is 0 Å². The number of hydrogen-bond donors (Lipinski definition) is 2. The zero-order valence-electron chi connectivity index (χ0n) is 16.4. The normalized spacial score (nSPS) is 21.2. The topological polar surface area (TPSA) is 67.8 Å². The van der Waals surface area contributed by atoms with E-state index in [4.69, 9.17) is 9.47 Å². The number of anilines is 1. The zero-order chi connectivity index (χ0) is 20.6. The summed E-state index contributed by atoms with van der Waals surface area (Å²) in [7, 11) is 0. The van der Waals surface area contributed by atoms with Crippen molar-refractivity contribution in [3.05, 3.63) is 77.8 Å². The standard InChI is InChI=1S/C23H26FNO4/c1-2-28-23-19(9-6-14-26)20(16-10-12-17(24)13-11-16)15-21(29-23)22(27)25-18-7-4-3-5-8-18/h3-5,7-8,10-13,15,19-20,23,26H,2,6,9,14H2,1H3,(H,25,27)/t19-,20-,23-/m1/s1. The highest BCUT2D eigenvalue weighted by Crippen LogP contribution is 2.39. The van der Waals surface area contributed by atoms with Crippen molar-refractivity contribution in [3.63, 3.8) is 0 Å². The second kappa shape index (κ2) is 10.2. The van der Waals surface area contributed by atoms with Gasteiger partial charge in [0.2, 0.25) is 6.29 Å². The second-order valence-electron chi connectivity index (χ2n) is 6.90. The molecule has 1 aliphatic heterocycles. The molecule has 0 saturated heterocycles. The van der Waals surface area contributed by atoms with E-state index >= 15 is 0 Å². The Morgan fingerprint density at radius 2 is 1.90 bits per heavy atom. The molecular formula is C23H26FNO4. The maximum Gasteiger partial charge on any atom is 0.290 e. The van der Waals surface area contributed by atoms with E-state index in [1.807, 2.05) is 25.1 Å². The number of aliphatic hydroxyl groups excluding tert-OH is 1. The van der Waals surface area contributed by atoms with Gasteiger partial charge in [0, 0.05) is 30.7 Å². The summed E-state index contributed by atoms with van der Waals surface area (Å²) < 4.78 is 25.2. The molecule has 0 aliphatic carbocycles. The van der Waals surface area contributed by atoms with Gasteiger partial charge in [-0.2, -0.15) is 0 Å². The molecule has 0 bridgehead atoms. The highest BCUT2D eigenvalue weighted by Gasteiger charge is 2.37. The van der Waals surface area contributed by atoms with Crippen LogP contribution in [-0.2, 0) is 14.3 Å². The molecule has 0 fully saturated rings. The fourth-order valence-electron chi connectivity index (χ4n) is 3.54. The molecule has 0 radical (unpaired) electrons. The van der Waals surface area contributed by atoms with Crippen molar-refractivity contribution in [1.82, 2.24) is 0 Å². The van der Waals surface area contributed by atoms with E-state index < -0.39 is 6.29 Å². The number of para-hydroxylation sites is 1. The van der Waals surface area contributed by atoms with E-state index in [2.05, 4.69) is 5.32 Å². The van der Waals surface area contributed by atoms with Crippen LogP contribution in [0.5, 0.6) is 0 Å². The Bertz CT molecular complexity index is 823. The van der Waals surface area contributed by atoms with Gasteiger partial charge in [-0.3, -0.25) is 4.79 Å². The van der Waals surface area contributed by atoms with Gasteiger partial charge in [-0.15, -0.1) is 0 Å². The third kappa shape index (κ3) is 5.43. The molecule has 0 unspecified atom stereocenters. The number of rotatable bonds is 8. The van der Waals surface area contributed by atoms with Gasteiger partial charge < -0.3 is 19.9 Å². The van der Waals surface area contributed by atoms with Crippen LogP contribution in [0.4, 0.5) is 10.1 Å². The van der Waals surface area contributed by atoms with E-state index in [1.54, 1.807) is 30.3 Å². The molecular weight excluding hydrogens is 373 g/mol. The van der Waals surface area contributed by atoms with Crippen molar-refractivity contribution in [2.45, 2.75) is 32.0 Å². The first kappa shape index (κ1) is 21.0. The number of allylic oxidation sites excluding steroid dienone is 1. The van der Waals surface area contributed by atoms with Crippen molar-refractivity contribution in [3.8, 4) is 0 Å². The lowest BCUT2D eigenvalue weighted by Crippen LogP contribution is -2.37. The van der Waals surface area contributed by atoms with Crippen LogP contribution in [0, 0.1) is 11.7 Å². The lowest BCUT2D eigenvalue weighted by atomic mass is 9.80. The summed E-state index contributed by atoms with van der Waals surface area (Å²) in [6, 6.07) is 15.4. The Balaban J connectivity index is 1.92. The van der Waals surface area contributed by atoms with Gasteiger partial charge in [0.15, 0.2) is 5.76 Å². The number of ether oxygens (including phenoxy) is 2. The maximum absolute atomic E-state index is 13.4. The summed E-state index contributed by atoms with van der Waals surface area (Å²) in [5.41, 5.74) is 1.53. The minimum absolute atomic E-state index is 0.0521. The van der Waals surface area contributed by atoms with Gasteiger partial charge >= 0.3 is 0 Å². The number of benzene rings is 2. The van der Waals surface area contributed by atoms with E-state index in [9.17, 15) is 14.3 Å². The van der Waals surface area contributed by atoms with Crippen LogP contribution in [0.2, 0.25) is 0 Å². The molecule has 29 heavy (non-hydrogen) atoms. The molecule has 1 heterocycles. The Morgan fingerprint density at radius 1 is 1.17 bits per heavy atom. The molecule has 154 valence electrons. The highest BCUT2D eigenvalue weighted by molar-refractivity contribution is 6.02. The van der Waals surface area contributed by atoms with E-state index in [0.717, 1.165) is 5.56 Å². The monoisotopic (exact) mass is 399 g/mol. The summed E-state index contributed by atoms with van der Waals surface area (Å²) in [5.74, 6) is -0.833. The van der Waals surface area contributed by atoms with Crippen molar-refractivity contribution >= 4 is 11.6 Å². The van der Waals surface area contributed by atoms with E-state index in [1.165, 1.54) is 12.1 Å². The minimum atomic E-state index is -0.636. The van der Waals surface area contributed by atoms with Crippen LogP contribution in [-0.4, -0.2) is 30.5 Å². The predicted octanol–water partition coefficient (Wildman–Crippen LogP) is 4.21. The number of halogens is 1. The highest BCUT2D eigenvalue weighted by atomic mass is 19.1. The molecule has 1 amide bonds. The Hall–Kier alpha value is -2.70. The summed E-state index contributed by atoms with van der Waals surface area (Å²) >= 11 is 0. The number of hydrogen-bond acceptors (Lipinski definition) is 4. The van der Waals surface area contributed by atoms with Gasteiger partial charge in [0.05, 0.1) is 0 Å². The minimum Gasteiger partial charge on any atom is -0.459 e. The van der Waals surface area contributed by atoms with Crippen LogP contribution >= 0.6 is 0 Å². The molecule has 3 rings (SSSR count). The lowest BCUT2D eigenvalue weighted by molar-refractivity contribution is -0.165. The average Bonchev–Trinajstić information content (AvgIpc) is 2.74. The molecule has 2 N–H and O–H groups in total. The van der Waals surface area contributed by atoms with Crippen molar-refractivity contribution < 1.29 is 23.8 Å². The van der Waals surface area contributed by atoms with E-state index in [0.29, 0.717) is 25.1 Å². The van der Waals surface area contributed by atoms with Crippen molar-refractivity contribution in [2.24, 2.45) is 5.92 Å². The van der Waals surface area contributed by atoms with Crippen LogP contribution in [0.3, 0.4) is 0 Å². The number of carbonyl (C=O) groups excluding carboxylic acids is 1. The molecule has 6 heteroatoms. The Morgan fingerprint density at radius 3 is 2.55 bits per heavy atom. The summed E-state index contributed by atoms with van der Waals surface area (Å²) in [6.45, 7) is 2.34. The predicted molar refractivity (Wildman–Crippen MR) is 109 cm³/mol. The quantitative estimate of drug-likeness (QED) is 0.698. The molecule has 0 spiro atoms. The van der Waals surface area contributed by atoms with Crippen LogP contribution < -0.4 is 5.32 Å². The molecule has 2 aromatic rings. The maximum atomic E-state index is 13.4. The smallest absolute Gasteiger partial charge is 0.290 e. The average molecular weight is 399 g/mol. The second-order valence-corrected chi connectivity index (χ2v) is 6.90. The molecule has 1 aliphatic rings. The first-order chi connectivity index (χ1) is 14.1. The first-order valence-corrected chi connectivity index (χ1v) is 9.85. The summed E-state index contributed by atoms with van der Waals surface area (Å²) in [6.07, 6.45) is 2.36. The van der Waals surface area contributed by atoms with Crippen LogP contribution in [0.15, 0.2) is 66.4 Å². The number of carbonyl (C=O) groups is 1. The van der Waals surface area contributed by atoms with Gasteiger partial charge in [-0.1, -0.05) is 30.3 Å². The summed E-state index contributed by atoms with van der Waals surface area (Å²) in [5, 5.41) is 12.1. The SMILES string of the molecule is CCO[C@@H]1OC(C(=O)Nc2ccccc2)=C[C@H](c2ccc(F)cc2)[C@H]1CCCO. The van der Waals surface area contributed by atoms with Crippen LogP contribution in [0.1, 0.15) is 31.2 Å². The zero-order valence-corrected chi connectivity index (χ0v) is 16.4. The summed E-state index contributed by atoms with van der Waals surface area (Å²) in [4.78, 5) is 12.8. The Labute approximate surface area is 170 Å². The largest absolute Gasteiger partial charge is 0.459 e. The van der Waals surface area contributed by atoms with Gasteiger partial charge in [0.25, 0.3) is 5.91 Å². The molecule has 0 aromatic heterocycles. The first-order valence-electron chi connectivity index (χ1n) is 9.85. The molecule has 5 nitrogen and oxygen atoms in total. The van der Waals surface area contributed by atoms with Crippen molar-refractivity contribution in [1.29, 1.82) is 0 Å². The fraction of sp³-hybridized carbons (Fsp3) is 0.348. The van der Waals surface area contributed by atoms with E-state index in [-0.39, 0.29) is 35.9 Å². The molecule has 0 saturated carbocycles. The lowest BCUT2D eigenvalue weighted by Gasteiger charge is -2.37. The molecule has 2 aromatic carbocycles. The van der Waals surface area contributed by atoms with Gasteiger partial charge in [-0.05, 0) is 55.7 Å². The van der Waals surface area contributed by atoms with Gasteiger partial charge in [-0.25, -0.2) is 4.39 Å². The third-order valence-electron chi connectivity index (χ3n) is 4.92. The number of aliphatic hydroxyl groups is 1. The fourth-order valence-corrected chi connectivity index (χ4v) is 3.54.